The predicted octanol–water partition coefficient (Wildman–Crippen LogP) is 4.77. The number of rotatable bonds is 4. The Balaban J connectivity index is 1.52. The van der Waals surface area contributed by atoms with Crippen LogP contribution in [-0.4, -0.2) is 6.61 Å². The number of ether oxygens (including phenoxy) is 1. The molecule has 0 radical (unpaired) electrons. The molecule has 2 aliphatic carbocycles. The van der Waals surface area contributed by atoms with E-state index in [0.29, 0.717) is 0 Å². The number of benzene rings is 1. The van der Waals surface area contributed by atoms with E-state index in [1.54, 1.807) is 0 Å². The average Bonchev–Trinajstić information content (AvgIpc) is 3.23. The van der Waals surface area contributed by atoms with Gasteiger partial charge in [-0.2, -0.15) is 0 Å². The Kier molecular flexibility index (Phi) is 3.58. The van der Waals surface area contributed by atoms with Crippen LogP contribution in [-0.2, 0) is 0 Å². The van der Waals surface area contributed by atoms with Gasteiger partial charge in [-0.25, -0.2) is 0 Å². The molecular weight excluding hydrogens is 220 g/mol. The fourth-order valence-corrected chi connectivity index (χ4v) is 3.10. The van der Waals surface area contributed by atoms with Gasteiger partial charge in [-0.3, -0.25) is 0 Å². The van der Waals surface area contributed by atoms with Gasteiger partial charge in [-0.1, -0.05) is 38.3 Å². The first-order valence-electron chi connectivity index (χ1n) is 7.55. The molecule has 98 valence electrons. The molecule has 2 aliphatic rings. The maximum absolute atomic E-state index is 5.97. The van der Waals surface area contributed by atoms with Crippen molar-refractivity contribution in [3.63, 3.8) is 0 Å². The van der Waals surface area contributed by atoms with Crippen LogP contribution in [0.1, 0.15) is 56.9 Å². The lowest BCUT2D eigenvalue weighted by Crippen LogP contribution is -2.23. The van der Waals surface area contributed by atoms with Gasteiger partial charge in [0.1, 0.15) is 5.75 Å². The Hall–Kier alpha value is -0.980. The highest BCUT2D eigenvalue weighted by atomic mass is 16.5. The zero-order valence-electron chi connectivity index (χ0n) is 11.4. The van der Waals surface area contributed by atoms with Crippen LogP contribution >= 0.6 is 0 Å². The average molecular weight is 244 g/mol. The fraction of sp³-hybridized carbons (Fsp3) is 0.647. The number of hydrogen-bond acceptors (Lipinski definition) is 1. The van der Waals surface area contributed by atoms with Gasteiger partial charge in [0.15, 0.2) is 0 Å². The molecule has 1 aromatic rings. The van der Waals surface area contributed by atoms with E-state index in [-0.39, 0.29) is 0 Å². The van der Waals surface area contributed by atoms with Gasteiger partial charge >= 0.3 is 0 Å². The van der Waals surface area contributed by atoms with Crippen molar-refractivity contribution < 1.29 is 4.74 Å². The second-order valence-corrected chi connectivity index (χ2v) is 6.18. The van der Waals surface area contributed by atoms with Crippen molar-refractivity contribution in [1.29, 1.82) is 0 Å². The topological polar surface area (TPSA) is 9.23 Å². The smallest absolute Gasteiger partial charge is 0.119 e. The third-order valence-corrected chi connectivity index (χ3v) is 4.68. The summed E-state index contributed by atoms with van der Waals surface area (Å²) in [5.74, 6) is 3.50. The van der Waals surface area contributed by atoms with Gasteiger partial charge in [-0.15, -0.1) is 0 Å². The Morgan fingerprint density at radius 2 is 1.72 bits per heavy atom. The minimum atomic E-state index is 0.766. The molecule has 0 heterocycles. The molecule has 0 amide bonds. The molecule has 18 heavy (non-hydrogen) atoms. The first-order chi connectivity index (χ1) is 8.83. The van der Waals surface area contributed by atoms with Gasteiger partial charge in [0, 0.05) is 0 Å². The summed E-state index contributed by atoms with van der Waals surface area (Å²) < 4.78 is 5.97. The maximum atomic E-state index is 5.97. The maximum Gasteiger partial charge on any atom is 0.119 e. The first-order valence-corrected chi connectivity index (χ1v) is 7.55. The lowest BCUT2D eigenvalue weighted by molar-refractivity contribution is 0.159. The van der Waals surface area contributed by atoms with Gasteiger partial charge in [0.2, 0.25) is 0 Å². The molecule has 0 N–H and O–H groups in total. The molecule has 1 aromatic carbocycles. The van der Waals surface area contributed by atoms with E-state index in [1.807, 2.05) is 0 Å². The molecule has 2 saturated carbocycles. The molecule has 0 saturated heterocycles. The van der Waals surface area contributed by atoms with E-state index in [0.717, 1.165) is 30.1 Å². The Morgan fingerprint density at radius 3 is 2.39 bits per heavy atom. The molecule has 3 rings (SSSR count). The van der Waals surface area contributed by atoms with Crippen LogP contribution in [0, 0.1) is 11.8 Å². The number of hydrogen-bond donors (Lipinski definition) is 0. The summed E-state index contributed by atoms with van der Waals surface area (Å²) in [6.45, 7) is 3.29. The third kappa shape index (κ3) is 2.88. The molecule has 0 unspecified atom stereocenters. The highest BCUT2D eigenvalue weighted by Gasteiger charge is 2.23. The lowest BCUT2D eigenvalue weighted by Gasteiger charge is -2.28. The fourth-order valence-electron chi connectivity index (χ4n) is 3.10. The molecule has 0 bridgehead atoms. The van der Waals surface area contributed by atoms with Crippen LogP contribution < -0.4 is 4.74 Å². The summed E-state index contributed by atoms with van der Waals surface area (Å²) in [6, 6.07) is 8.80. The lowest BCUT2D eigenvalue weighted by atomic mass is 9.81. The summed E-state index contributed by atoms with van der Waals surface area (Å²) in [5.41, 5.74) is 1.49. The van der Waals surface area contributed by atoms with Crippen molar-refractivity contribution in [1.82, 2.24) is 0 Å². The molecule has 1 heteroatoms. The van der Waals surface area contributed by atoms with Crippen molar-refractivity contribution in [2.24, 2.45) is 11.8 Å². The van der Waals surface area contributed by atoms with E-state index < -0.39 is 0 Å². The molecule has 1 nitrogen and oxygen atoms in total. The minimum absolute atomic E-state index is 0.766. The van der Waals surface area contributed by atoms with Gasteiger partial charge in [-0.05, 0) is 54.7 Å². The predicted molar refractivity (Wildman–Crippen MR) is 75.0 cm³/mol. The van der Waals surface area contributed by atoms with Crippen LogP contribution in [0.25, 0.3) is 0 Å². The van der Waals surface area contributed by atoms with E-state index in [4.69, 9.17) is 4.74 Å². The molecule has 2 atom stereocenters. The first kappa shape index (κ1) is 12.1. The van der Waals surface area contributed by atoms with Crippen molar-refractivity contribution in [2.75, 3.05) is 6.61 Å². The van der Waals surface area contributed by atoms with E-state index >= 15 is 0 Å². The van der Waals surface area contributed by atoms with Gasteiger partial charge in [0.25, 0.3) is 0 Å². The van der Waals surface area contributed by atoms with E-state index in [9.17, 15) is 0 Å². The second-order valence-electron chi connectivity index (χ2n) is 6.18. The summed E-state index contributed by atoms with van der Waals surface area (Å²) >= 11 is 0. The Labute approximate surface area is 111 Å². The zero-order valence-corrected chi connectivity index (χ0v) is 11.4. The molecule has 0 aliphatic heterocycles. The molecular formula is C17H24O. The van der Waals surface area contributed by atoms with Crippen LogP contribution in [0.3, 0.4) is 0 Å². The van der Waals surface area contributed by atoms with Gasteiger partial charge in [0.05, 0.1) is 6.61 Å². The normalized spacial score (nSPS) is 28.1. The van der Waals surface area contributed by atoms with Crippen LogP contribution in [0.2, 0.25) is 0 Å². The SMILES string of the molecule is C[C@H]1CCCC[C@@H]1COc1ccc(C2CC2)cc1. The quantitative estimate of drug-likeness (QED) is 0.741. The van der Waals surface area contributed by atoms with Gasteiger partial charge < -0.3 is 4.74 Å². The van der Waals surface area contributed by atoms with Crippen LogP contribution in [0.4, 0.5) is 0 Å². The second kappa shape index (κ2) is 5.34. The summed E-state index contributed by atoms with van der Waals surface area (Å²) in [5, 5.41) is 0. The molecule has 2 fully saturated rings. The van der Waals surface area contributed by atoms with E-state index in [1.165, 1.54) is 44.1 Å². The Bertz CT molecular complexity index is 377. The van der Waals surface area contributed by atoms with Crippen molar-refractivity contribution in [2.45, 2.75) is 51.4 Å². The van der Waals surface area contributed by atoms with E-state index in [2.05, 4.69) is 31.2 Å². The van der Waals surface area contributed by atoms with Crippen LogP contribution in [0.5, 0.6) is 5.75 Å². The highest BCUT2D eigenvalue weighted by molar-refractivity contribution is 5.31. The molecule has 0 spiro atoms. The van der Waals surface area contributed by atoms with Crippen molar-refractivity contribution >= 4 is 0 Å². The van der Waals surface area contributed by atoms with Crippen molar-refractivity contribution in [3.8, 4) is 5.75 Å². The van der Waals surface area contributed by atoms with Crippen LogP contribution in [0.15, 0.2) is 24.3 Å². The largest absolute Gasteiger partial charge is 0.493 e. The highest BCUT2D eigenvalue weighted by Crippen LogP contribution is 2.40. The standard InChI is InChI=1S/C17H24O/c1-13-4-2-3-5-16(13)12-18-17-10-8-15(9-11-17)14-6-7-14/h8-11,13-14,16H,2-7,12H2,1H3/t13-,16+/m0/s1. The Morgan fingerprint density at radius 1 is 1.00 bits per heavy atom. The minimum Gasteiger partial charge on any atom is -0.493 e. The monoisotopic (exact) mass is 244 g/mol. The summed E-state index contributed by atoms with van der Waals surface area (Å²) in [7, 11) is 0. The molecule has 0 aromatic heterocycles. The zero-order chi connectivity index (χ0) is 12.4. The summed E-state index contributed by atoms with van der Waals surface area (Å²) in [4.78, 5) is 0. The van der Waals surface area contributed by atoms with Crippen molar-refractivity contribution in [3.05, 3.63) is 29.8 Å². The summed E-state index contributed by atoms with van der Waals surface area (Å²) in [6.07, 6.45) is 8.28. The third-order valence-electron chi connectivity index (χ3n) is 4.68.